The second-order valence-corrected chi connectivity index (χ2v) is 6.43. The summed E-state index contributed by atoms with van der Waals surface area (Å²) in [5, 5.41) is 11.1. The van der Waals surface area contributed by atoms with Gasteiger partial charge >= 0.3 is 0 Å². The molecular formula is C22H27N5O. The summed E-state index contributed by atoms with van der Waals surface area (Å²) in [6.45, 7) is 4.87. The standard InChI is InChI=1S/C22H27N5O/c1-3-23-22(24-13-19-10-7-11-21(12-19)28-2)25-14-20-15-26-27(17-20)16-18-8-5-4-6-9-18/h4-12,15,17H,3,13-14,16H2,1-2H3,(H2,23,24,25). The maximum Gasteiger partial charge on any atom is 0.191 e. The maximum absolute atomic E-state index is 5.28. The van der Waals surface area contributed by atoms with E-state index in [0.717, 1.165) is 35.9 Å². The predicted molar refractivity (Wildman–Crippen MR) is 112 cm³/mol. The van der Waals surface area contributed by atoms with Crippen molar-refractivity contribution in [2.45, 2.75) is 26.6 Å². The minimum Gasteiger partial charge on any atom is -0.497 e. The van der Waals surface area contributed by atoms with Gasteiger partial charge in [-0.15, -0.1) is 0 Å². The van der Waals surface area contributed by atoms with Gasteiger partial charge in [-0.05, 0) is 30.2 Å². The molecule has 6 heteroatoms. The van der Waals surface area contributed by atoms with Gasteiger partial charge in [0, 0.05) is 24.8 Å². The zero-order chi connectivity index (χ0) is 19.6. The number of hydrogen-bond acceptors (Lipinski definition) is 3. The van der Waals surface area contributed by atoms with Crippen LogP contribution in [0, 0.1) is 0 Å². The lowest BCUT2D eigenvalue weighted by atomic mass is 10.2. The van der Waals surface area contributed by atoms with Crippen molar-refractivity contribution < 1.29 is 4.74 Å². The van der Waals surface area contributed by atoms with E-state index < -0.39 is 0 Å². The molecule has 0 fully saturated rings. The first-order valence-corrected chi connectivity index (χ1v) is 9.47. The summed E-state index contributed by atoms with van der Waals surface area (Å²) in [6.07, 6.45) is 3.92. The fourth-order valence-electron chi connectivity index (χ4n) is 2.83. The van der Waals surface area contributed by atoms with Crippen LogP contribution in [-0.2, 0) is 19.6 Å². The van der Waals surface area contributed by atoms with E-state index in [0.29, 0.717) is 13.1 Å². The third kappa shape index (κ3) is 5.87. The van der Waals surface area contributed by atoms with Gasteiger partial charge in [0.25, 0.3) is 0 Å². The zero-order valence-electron chi connectivity index (χ0n) is 16.4. The van der Waals surface area contributed by atoms with Crippen LogP contribution >= 0.6 is 0 Å². The predicted octanol–water partition coefficient (Wildman–Crippen LogP) is 3.20. The van der Waals surface area contributed by atoms with Crippen LogP contribution in [-0.4, -0.2) is 29.4 Å². The first-order chi connectivity index (χ1) is 13.8. The number of aromatic nitrogens is 2. The van der Waals surface area contributed by atoms with Crippen LogP contribution in [0.2, 0.25) is 0 Å². The Morgan fingerprint density at radius 3 is 2.64 bits per heavy atom. The summed E-state index contributed by atoms with van der Waals surface area (Å²) in [5.41, 5.74) is 3.45. The number of rotatable bonds is 8. The molecule has 0 aliphatic rings. The van der Waals surface area contributed by atoms with Crippen molar-refractivity contribution in [2.24, 2.45) is 4.99 Å². The van der Waals surface area contributed by atoms with Crippen LogP contribution in [0.1, 0.15) is 23.6 Å². The smallest absolute Gasteiger partial charge is 0.191 e. The average molecular weight is 377 g/mol. The third-order valence-electron chi connectivity index (χ3n) is 4.23. The van der Waals surface area contributed by atoms with E-state index in [1.807, 2.05) is 53.5 Å². The van der Waals surface area contributed by atoms with Crippen LogP contribution in [0.25, 0.3) is 0 Å². The second kappa shape index (κ2) is 10.2. The second-order valence-electron chi connectivity index (χ2n) is 6.43. The van der Waals surface area contributed by atoms with Crippen molar-refractivity contribution in [1.29, 1.82) is 0 Å². The largest absolute Gasteiger partial charge is 0.497 e. The first-order valence-electron chi connectivity index (χ1n) is 9.47. The Morgan fingerprint density at radius 2 is 1.86 bits per heavy atom. The van der Waals surface area contributed by atoms with Crippen molar-refractivity contribution in [3.05, 3.63) is 83.7 Å². The van der Waals surface area contributed by atoms with E-state index in [-0.39, 0.29) is 0 Å². The number of aliphatic imine (C=N–C) groups is 1. The number of nitrogens with one attached hydrogen (secondary N) is 2. The van der Waals surface area contributed by atoms with Crippen LogP contribution in [0.3, 0.4) is 0 Å². The van der Waals surface area contributed by atoms with Gasteiger partial charge in [0.05, 0.1) is 26.4 Å². The van der Waals surface area contributed by atoms with Crippen molar-refractivity contribution in [3.8, 4) is 5.75 Å². The molecule has 2 aromatic carbocycles. The molecule has 0 spiro atoms. The van der Waals surface area contributed by atoms with E-state index >= 15 is 0 Å². The lowest BCUT2D eigenvalue weighted by molar-refractivity contribution is 0.414. The maximum atomic E-state index is 5.28. The Hall–Kier alpha value is -3.28. The van der Waals surface area contributed by atoms with E-state index in [1.165, 1.54) is 5.56 Å². The van der Waals surface area contributed by atoms with Crippen molar-refractivity contribution in [3.63, 3.8) is 0 Å². The minimum atomic E-state index is 0.572. The van der Waals surface area contributed by atoms with Gasteiger partial charge in [-0.3, -0.25) is 4.68 Å². The van der Waals surface area contributed by atoms with Crippen LogP contribution < -0.4 is 15.4 Å². The number of methoxy groups -OCH3 is 1. The SMILES string of the molecule is CCNC(=NCc1cnn(Cc2ccccc2)c1)NCc1cccc(OC)c1. The number of ether oxygens (including phenoxy) is 1. The molecule has 146 valence electrons. The Morgan fingerprint density at radius 1 is 1.04 bits per heavy atom. The van der Waals surface area contributed by atoms with Crippen LogP contribution in [0.4, 0.5) is 0 Å². The molecule has 1 aromatic heterocycles. The van der Waals surface area contributed by atoms with E-state index in [9.17, 15) is 0 Å². The van der Waals surface area contributed by atoms with Crippen LogP contribution in [0.15, 0.2) is 72.0 Å². The lowest BCUT2D eigenvalue weighted by Gasteiger charge is -2.11. The molecule has 3 rings (SSSR count). The third-order valence-corrected chi connectivity index (χ3v) is 4.23. The highest BCUT2D eigenvalue weighted by Gasteiger charge is 2.02. The molecule has 0 atom stereocenters. The summed E-state index contributed by atoms with van der Waals surface area (Å²) in [4.78, 5) is 4.67. The molecule has 1 heterocycles. The molecule has 2 N–H and O–H groups in total. The monoisotopic (exact) mass is 377 g/mol. The Balaban J connectivity index is 1.58. The molecule has 6 nitrogen and oxygen atoms in total. The molecule has 0 unspecified atom stereocenters. The van der Waals surface area contributed by atoms with Gasteiger partial charge in [-0.25, -0.2) is 4.99 Å². The molecule has 0 saturated heterocycles. The number of hydrogen-bond donors (Lipinski definition) is 2. The van der Waals surface area contributed by atoms with Gasteiger partial charge in [0.2, 0.25) is 0 Å². The van der Waals surface area contributed by atoms with E-state index in [4.69, 9.17) is 4.74 Å². The summed E-state index contributed by atoms with van der Waals surface area (Å²) >= 11 is 0. The summed E-state index contributed by atoms with van der Waals surface area (Å²) < 4.78 is 7.22. The molecule has 0 amide bonds. The highest BCUT2D eigenvalue weighted by atomic mass is 16.5. The summed E-state index contributed by atoms with van der Waals surface area (Å²) in [6, 6.07) is 18.3. The van der Waals surface area contributed by atoms with E-state index in [1.54, 1.807) is 7.11 Å². The molecule has 28 heavy (non-hydrogen) atoms. The topological polar surface area (TPSA) is 63.5 Å². The highest BCUT2D eigenvalue weighted by Crippen LogP contribution is 2.12. The van der Waals surface area contributed by atoms with Gasteiger partial charge in [-0.2, -0.15) is 5.10 Å². The molecule has 0 saturated carbocycles. The zero-order valence-corrected chi connectivity index (χ0v) is 16.4. The number of guanidine groups is 1. The average Bonchev–Trinajstić information content (AvgIpc) is 3.18. The fourth-order valence-corrected chi connectivity index (χ4v) is 2.83. The molecule has 0 aliphatic carbocycles. The Labute approximate surface area is 166 Å². The van der Waals surface area contributed by atoms with Gasteiger partial charge in [0.15, 0.2) is 5.96 Å². The molecule has 0 radical (unpaired) electrons. The van der Waals surface area contributed by atoms with Gasteiger partial charge in [-0.1, -0.05) is 42.5 Å². The number of benzene rings is 2. The minimum absolute atomic E-state index is 0.572. The quantitative estimate of drug-likeness (QED) is 0.467. The fraction of sp³-hybridized carbons (Fsp3) is 0.273. The molecular weight excluding hydrogens is 350 g/mol. The Bertz CT molecular complexity index is 889. The normalized spacial score (nSPS) is 11.3. The van der Waals surface area contributed by atoms with Crippen molar-refractivity contribution in [2.75, 3.05) is 13.7 Å². The van der Waals surface area contributed by atoms with Gasteiger partial charge < -0.3 is 15.4 Å². The molecule has 0 aliphatic heterocycles. The van der Waals surface area contributed by atoms with Crippen molar-refractivity contribution >= 4 is 5.96 Å². The summed E-state index contributed by atoms with van der Waals surface area (Å²) in [7, 11) is 1.68. The number of nitrogens with zero attached hydrogens (tertiary/aromatic N) is 3. The van der Waals surface area contributed by atoms with Gasteiger partial charge in [0.1, 0.15) is 5.75 Å². The van der Waals surface area contributed by atoms with Crippen LogP contribution in [0.5, 0.6) is 5.75 Å². The first kappa shape index (κ1) is 19.5. The summed E-state index contributed by atoms with van der Waals surface area (Å²) in [5.74, 6) is 1.63. The molecule has 3 aromatic rings. The Kier molecular flexibility index (Phi) is 7.07. The van der Waals surface area contributed by atoms with Crippen molar-refractivity contribution in [1.82, 2.24) is 20.4 Å². The highest BCUT2D eigenvalue weighted by molar-refractivity contribution is 5.79. The lowest BCUT2D eigenvalue weighted by Crippen LogP contribution is -2.36. The molecule has 0 bridgehead atoms. The van der Waals surface area contributed by atoms with E-state index in [2.05, 4.69) is 45.8 Å².